The summed E-state index contributed by atoms with van der Waals surface area (Å²) in [6.45, 7) is -0.683. The standard InChI is InChI=1S/C17H12N2O6/c20-16(21)9-25-15-6-5-10(8-14(15)19(23)24)7-12-11-3-1-2-4-13(11)18-17(12)22/h1-8H,9H2,(H,18,22)(H,20,21). The number of carboxylic acids is 1. The third kappa shape index (κ3) is 3.32. The average molecular weight is 340 g/mol. The number of rotatable bonds is 5. The molecular formula is C17H12N2O6. The molecule has 1 aliphatic heterocycles. The van der Waals surface area contributed by atoms with Gasteiger partial charge in [-0.3, -0.25) is 14.9 Å². The van der Waals surface area contributed by atoms with Gasteiger partial charge < -0.3 is 15.2 Å². The van der Waals surface area contributed by atoms with Crippen LogP contribution in [0.3, 0.4) is 0 Å². The molecule has 25 heavy (non-hydrogen) atoms. The van der Waals surface area contributed by atoms with Gasteiger partial charge in [-0.15, -0.1) is 0 Å². The molecule has 0 spiro atoms. The molecule has 8 heteroatoms. The molecule has 3 rings (SSSR count). The van der Waals surface area contributed by atoms with Gasteiger partial charge in [0.1, 0.15) is 0 Å². The molecule has 8 nitrogen and oxygen atoms in total. The molecule has 2 N–H and O–H groups in total. The van der Waals surface area contributed by atoms with Crippen molar-refractivity contribution in [1.82, 2.24) is 0 Å². The zero-order chi connectivity index (χ0) is 18.0. The lowest BCUT2D eigenvalue weighted by molar-refractivity contribution is -0.385. The number of fused-ring (bicyclic) bond motifs is 1. The number of carboxylic acid groups (broad SMARTS) is 1. The minimum atomic E-state index is -1.24. The predicted molar refractivity (Wildman–Crippen MR) is 89.2 cm³/mol. The lowest BCUT2D eigenvalue weighted by Gasteiger charge is -2.05. The van der Waals surface area contributed by atoms with Crippen LogP contribution in [0.4, 0.5) is 11.4 Å². The summed E-state index contributed by atoms with van der Waals surface area (Å²) in [6, 6.07) is 11.2. The summed E-state index contributed by atoms with van der Waals surface area (Å²) in [4.78, 5) is 33.2. The molecule has 0 fully saturated rings. The fraction of sp³-hybridized carbons (Fsp3) is 0.0588. The summed E-state index contributed by atoms with van der Waals surface area (Å²) in [5.41, 5.74) is 1.83. The van der Waals surface area contributed by atoms with Crippen LogP contribution in [0.5, 0.6) is 5.75 Å². The van der Waals surface area contributed by atoms with Gasteiger partial charge in [0.25, 0.3) is 5.91 Å². The van der Waals surface area contributed by atoms with Crippen LogP contribution in [0.15, 0.2) is 42.5 Å². The molecule has 1 amide bonds. The van der Waals surface area contributed by atoms with E-state index < -0.39 is 17.5 Å². The van der Waals surface area contributed by atoms with E-state index in [-0.39, 0.29) is 17.3 Å². The third-order valence-electron chi connectivity index (χ3n) is 3.55. The molecule has 0 atom stereocenters. The molecule has 0 bridgehead atoms. The highest BCUT2D eigenvalue weighted by atomic mass is 16.6. The van der Waals surface area contributed by atoms with Gasteiger partial charge in [0.15, 0.2) is 12.4 Å². The second kappa shape index (κ2) is 6.44. The molecule has 0 aliphatic carbocycles. The van der Waals surface area contributed by atoms with Crippen molar-refractivity contribution in [3.63, 3.8) is 0 Å². The van der Waals surface area contributed by atoms with Crippen molar-refractivity contribution in [2.45, 2.75) is 0 Å². The van der Waals surface area contributed by atoms with Crippen molar-refractivity contribution in [2.75, 3.05) is 11.9 Å². The first-order valence-corrected chi connectivity index (χ1v) is 7.21. The lowest BCUT2D eigenvalue weighted by atomic mass is 10.0. The highest BCUT2D eigenvalue weighted by Gasteiger charge is 2.24. The SMILES string of the molecule is O=C(O)COc1ccc(C=C2C(=O)Nc3ccccc32)cc1[N+](=O)[O-]. The number of amides is 1. The average Bonchev–Trinajstić information content (AvgIpc) is 2.89. The molecule has 0 radical (unpaired) electrons. The molecule has 0 aromatic heterocycles. The number of hydrogen-bond acceptors (Lipinski definition) is 5. The smallest absolute Gasteiger partial charge is 0.341 e. The van der Waals surface area contributed by atoms with E-state index in [9.17, 15) is 19.7 Å². The van der Waals surface area contributed by atoms with Crippen LogP contribution in [0, 0.1) is 10.1 Å². The zero-order valence-electron chi connectivity index (χ0n) is 12.8. The Morgan fingerprint density at radius 2 is 2.04 bits per heavy atom. The van der Waals surface area contributed by atoms with Crippen molar-refractivity contribution >= 4 is 34.9 Å². The van der Waals surface area contributed by atoms with Crippen molar-refractivity contribution in [2.24, 2.45) is 0 Å². The minimum absolute atomic E-state index is 0.147. The molecule has 0 saturated carbocycles. The second-order valence-electron chi connectivity index (χ2n) is 5.22. The first kappa shape index (κ1) is 16.2. The van der Waals surface area contributed by atoms with E-state index in [1.165, 1.54) is 24.3 Å². The number of carbonyl (C=O) groups is 2. The molecule has 1 aliphatic rings. The van der Waals surface area contributed by atoms with Gasteiger partial charge in [0.05, 0.1) is 4.92 Å². The summed E-state index contributed by atoms with van der Waals surface area (Å²) < 4.78 is 4.92. The first-order chi connectivity index (χ1) is 12.0. The number of anilines is 1. The number of benzene rings is 2. The van der Waals surface area contributed by atoms with Crippen LogP contribution >= 0.6 is 0 Å². The highest BCUT2D eigenvalue weighted by molar-refractivity contribution is 6.34. The van der Waals surface area contributed by atoms with E-state index in [0.717, 1.165) is 0 Å². The normalized spacial score (nSPS) is 14.1. The van der Waals surface area contributed by atoms with E-state index in [4.69, 9.17) is 9.84 Å². The fourth-order valence-electron chi connectivity index (χ4n) is 2.48. The predicted octanol–water partition coefficient (Wildman–Crippen LogP) is 2.55. The maximum Gasteiger partial charge on any atom is 0.341 e. The fourth-order valence-corrected chi connectivity index (χ4v) is 2.48. The number of carbonyl (C=O) groups excluding carboxylic acids is 1. The van der Waals surface area contributed by atoms with E-state index >= 15 is 0 Å². The summed E-state index contributed by atoms with van der Waals surface area (Å²) in [5.74, 6) is -1.68. The topological polar surface area (TPSA) is 119 Å². The van der Waals surface area contributed by atoms with Crippen molar-refractivity contribution in [3.8, 4) is 5.75 Å². The highest BCUT2D eigenvalue weighted by Crippen LogP contribution is 2.34. The zero-order valence-corrected chi connectivity index (χ0v) is 12.8. The number of nitrogens with one attached hydrogen (secondary N) is 1. The van der Waals surface area contributed by atoms with Gasteiger partial charge in [0, 0.05) is 22.9 Å². The Bertz CT molecular complexity index is 919. The van der Waals surface area contributed by atoms with E-state index in [0.29, 0.717) is 22.4 Å². The lowest BCUT2D eigenvalue weighted by Crippen LogP contribution is -2.10. The van der Waals surface area contributed by atoms with Gasteiger partial charge in [0.2, 0.25) is 0 Å². The Balaban J connectivity index is 1.98. The monoisotopic (exact) mass is 340 g/mol. The third-order valence-corrected chi connectivity index (χ3v) is 3.55. The van der Waals surface area contributed by atoms with Gasteiger partial charge in [-0.2, -0.15) is 0 Å². The summed E-state index contributed by atoms with van der Waals surface area (Å²) in [7, 11) is 0. The Hall–Kier alpha value is -3.68. The molecule has 2 aromatic rings. The van der Waals surface area contributed by atoms with Crippen molar-refractivity contribution in [3.05, 3.63) is 63.7 Å². The quantitative estimate of drug-likeness (QED) is 0.490. The minimum Gasteiger partial charge on any atom is -0.479 e. The molecule has 2 aromatic carbocycles. The van der Waals surface area contributed by atoms with Gasteiger partial charge in [-0.25, -0.2) is 4.79 Å². The van der Waals surface area contributed by atoms with Crippen LogP contribution < -0.4 is 10.1 Å². The molecule has 0 saturated heterocycles. The number of nitrogens with zero attached hydrogens (tertiary/aromatic N) is 1. The Labute approximate surface area is 141 Å². The summed E-state index contributed by atoms with van der Waals surface area (Å²) in [5, 5.41) is 22.5. The number of nitro benzene ring substituents is 1. The Morgan fingerprint density at radius 3 is 2.76 bits per heavy atom. The van der Waals surface area contributed by atoms with Crippen LogP contribution in [0.1, 0.15) is 11.1 Å². The first-order valence-electron chi connectivity index (χ1n) is 7.21. The molecule has 1 heterocycles. The summed E-state index contributed by atoms with van der Waals surface area (Å²) >= 11 is 0. The van der Waals surface area contributed by atoms with Gasteiger partial charge >= 0.3 is 11.7 Å². The maximum atomic E-state index is 12.1. The van der Waals surface area contributed by atoms with Gasteiger partial charge in [-0.1, -0.05) is 24.3 Å². The molecular weight excluding hydrogens is 328 g/mol. The largest absolute Gasteiger partial charge is 0.479 e. The maximum absolute atomic E-state index is 12.1. The van der Waals surface area contributed by atoms with Crippen LogP contribution in [0.25, 0.3) is 11.6 Å². The van der Waals surface area contributed by atoms with E-state index in [1.807, 2.05) is 0 Å². The number of hydrogen-bond donors (Lipinski definition) is 2. The number of ether oxygens (including phenoxy) is 1. The van der Waals surface area contributed by atoms with E-state index in [1.54, 1.807) is 24.3 Å². The van der Waals surface area contributed by atoms with Gasteiger partial charge in [-0.05, 0) is 23.8 Å². The number of para-hydroxylation sites is 1. The number of aliphatic carboxylic acids is 1. The second-order valence-corrected chi connectivity index (χ2v) is 5.22. The van der Waals surface area contributed by atoms with Crippen molar-refractivity contribution < 1.29 is 24.4 Å². The number of nitro groups is 1. The van der Waals surface area contributed by atoms with E-state index in [2.05, 4.69) is 5.32 Å². The Morgan fingerprint density at radius 1 is 1.28 bits per heavy atom. The van der Waals surface area contributed by atoms with Crippen LogP contribution in [-0.2, 0) is 9.59 Å². The summed E-state index contributed by atoms with van der Waals surface area (Å²) in [6.07, 6.45) is 1.54. The van der Waals surface area contributed by atoms with Crippen LogP contribution in [0.2, 0.25) is 0 Å². The van der Waals surface area contributed by atoms with Crippen LogP contribution in [-0.4, -0.2) is 28.5 Å². The molecule has 126 valence electrons. The molecule has 0 unspecified atom stereocenters. The Kier molecular flexibility index (Phi) is 4.17. The van der Waals surface area contributed by atoms with Crippen molar-refractivity contribution in [1.29, 1.82) is 0 Å².